The van der Waals surface area contributed by atoms with Crippen molar-refractivity contribution in [3.63, 3.8) is 0 Å². The summed E-state index contributed by atoms with van der Waals surface area (Å²) in [5, 5.41) is 6.92. The van der Waals surface area contributed by atoms with Gasteiger partial charge < -0.3 is 10.1 Å². The third-order valence-corrected chi connectivity index (χ3v) is 5.59. The number of carbonyl (C=O) groups excluding carboxylic acids is 3. The van der Waals surface area contributed by atoms with E-state index in [1.54, 1.807) is 42.5 Å². The largest absolute Gasteiger partial charge is 0.422 e. The van der Waals surface area contributed by atoms with Crippen LogP contribution in [0.15, 0.2) is 70.2 Å². The van der Waals surface area contributed by atoms with E-state index in [1.807, 2.05) is 0 Å². The van der Waals surface area contributed by atoms with Crippen LogP contribution in [0, 0.1) is 0 Å². The van der Waals surface area contributed by atoms with Crippen LogP contribution in [-0.2, 0) is 9.59 Å². The number of carbonyl (C=O) groups is 3. The van der Waals surface area contributed by atoms with E-state index in [2.05, 4.69) is 31.8 Å². The minimum absolute atomic E-state index is 0.102. The first-order chi connectivity index (χ1) is 15.7. The lowest BCUT2D eigenvalue weighted by Crippen LogP contribution is -2.32. The molecule has 11 heteroatoms. The fourth-order valence-corrected chi connectivity index (χ4v) is 3.30. The highest BCUT2D eigenvalue weighted by molar-refractivity contribution is 9.10. The first kappa shape index (κ1) is 24.7. The van der Waals surface area contributed by atoms with E-state index in [9.17, 15) is 14.4 Å². The molecule has 0 unspecified atom stereocenters. The maximum atomic E-state index is 12.4. The SMILES string of the molecule is O=C(N/N=C/c1cc(Br)ccc1OC(=O)c1ccc(Cl)cc1)C(=O)Nc1cccc(Cl)c1Cl. The summed E-state index contributed by atoms with van der Waals surface area (Å²) in [6.07, 6.45) is 1.23. The molecule has 0 aliphatic rings. The summed E-state index contributed by atoms with van der Waals surface area (Å²) in [6.45, 7) is 0. The Bertz CT molecular complexity index is 1250. The lowest BCUT2D eigenvalue weighted by atomic mass is 10.2. The number of rotatable bonds is 5. The van der Waals surface area contributed by atoms with Gasteiger partial charge in [0.25, 0.3) is 0 Å². The molecule has 3 aromatic carbocycles. The molecule has 0 atom stereocenters. The van der Waals surface area contributed by atoms with Gasteiger partial charge in [-0.15, -0.1) is 0 Å². The monoisotopic (exact) mass is 567 g/mol. The Morgan fingerprint density at radius 3 is 2.39 bits per heavy atom. The quantitative estimate of drug-likeness (QED) is 0.135. The van der Waals surface area contributed by atoms with E-state index in [0.717, 1.165) is 0 Å². The van der Waals surface area contributed by atoms with Gasteiger partial charge in [-0.3, -0.25) is 9.59 Å². The van der Waals surface area contributed by atoms with Gasteiger partial charge in [-0.25, -0.2) is 10.2 Å². The Morgan fingerprint density at radius 1 is 0.939 bits per heavy atom. The lowest BCUT2D eigenvalue weighted by molar-refractivity contribution is -0.136. The molecule has 0 radical (unpaired) electrons. The Kier molecular flexibility index (Phi) is 8.46. The summed E-state index contributed by atoms with van der Waals surface area (Å²) in [7, 11) is 0. The standard InChI is InChI=1S/C22H13BrCl3N3O4/c23-14-6-9-18(33-22(32)12-4-7-15(24)8-5-12)13(10-14)11-27-29-21(31)20(30)28-17-3-1-2-16(25)19(17)26/h1-11H,(H,28,30)(H,29,31)/b27-11+. The number of anilines is 1. The maximum Gasteiger partial charge on any atom is 0.343 e. The van der Waals surface area contributed by atoms with Crippen molar-refractivity contribution in [1.29, 1.82) is 0 Å². The van der Waals surface area contributed by atoms with Gasteiger partial charge in [0, 0.05) is 15.1 Å². The van der Waals surface area contributed by atoms with Crippen LogP contribution in [-0.4, -0.2) is 24.0 Å². The van der Waals surface area contributed by atoms with Crippen LogP contribution in [0.1, 0.15) is 15.9 Å². The van der Waals surface area contributed by atoms with Crippen molar-refractivity contribution in [2.24, 2.45) is 5.10 Å². The Hall–Kier alpha value is -2.91. The number of hydrogen-bond acceptors (Lipinski definition) is 5. The molecule has 33 heavy (non-hydrogen) atoms. The molecule has 0 aliphatic heterocycles. The molecule has 0 fully saturated rings. The molecule has 0 spiro atoms. The first-order valence-electron chi connectivity index (χ1n) is 9.10. The molecule has 0 saturated carbocycles. The number of nitrogens with zero attached hydrogens (tertiary/aromatic N) is 1. The fraction of sp³-hybridized carbons (Fsp3) is 0. The van der Waals surface area contributed by atoms with Crippen molar-refractivity contribution in [3.8, 4) is 5.75 Å². The molecule has 2 N–H and O–H groups in total. The summed E-state index contributed by atoms with van der Waals surface area (Å²) >= 11 is 21.0. The minimum Gasteiger partial charge on any atom is -0.422 e. The van der Waals surface area contributed by atoms with Crippen LogP contribution in [0.25, 0.3) is 0 Å². The Morgan fingerprint density at radius 2 is 1.67 bits per heavy atom. The van der Waals surface area contributed by atoms with Crippen molar-refractivity contribution in [2.75, 3.05) is 5.32 Å². The van der Waals surface area contributed by atoms with E-state index in [0.29, 0.717) is 20.6 Å². The second-order valence-electron chi connectivity index (χ2n) is 6.33. The van der Waals surface area contributed by atoms with Gasteiger partial charge in [0.15, 0.2) is 0 Å². The average Bonchev–Trinajstić information content (AvgIpc) is 2.78. The van der Waals surface area contributed by atoms with Gasteiger partial charge in [0.05, 0.1) is 27.5 Å². The van der Waals surface area contributed by atoms with Gasteiger partial charge in [0.1, 0.15) is 5.75 Å². The molecule has 0 aromatic heterocycles. The zero-order valence-corrected chi connectivity index (χ0v) is 20.3. The molecule has 168 valence electrons. The molecule has 3 rings (SSSR count). The molecule has 0 aliphatic carbocycles. The summed E-state index contributed by atoms with van der Waals surface area (Å²) in [5.74, 6) is -2.46. The molecular formula is C22H13BrCl3N3O4. The minimum atomic E-state index is -1.04. The predicted octanol–water partition coefficient (Wildman–Crippen LogP) is 5.72. The van der Waals surface area contributed by atoms with E-state index in [-0.39, 0.29) is 21.5 Å². The highest BCUT2D eigenvalue weighted by atomic mass is 79.9. The number of amides is 2. The van der Waals surface area contributed by atoms with E-state index in [1.165, 1.54) is 24.4 Å². The summed E-state index contributed by atoms with van der Waals surface area (Å²) < 4.78 is 6.10. The van der Waals surface area contributed by atoms with Gasteiger partial charge in [-0.2, -0.15) is 5.10 Å². The predicted molar refractivity (Wildman–Crippen MR) is 131 cm³/mol. The van der Waals surface area contributed by atoms with Crippen LogP contribution in [0.3, 0.4) is 0 Å². The summed E-state index contributed by atoms with van der Waals surface area (Å²) in [4.78, 5) is 36.5. The van der Waals surface area contributed by atoms with Gasteiger partial charge in [0.2, 0.25) is 0 Å². The summed E-state index contributed by atoms with van der Waals surface area (Å²) in [6, 6.07) is 15.6. The first-order valence-corrected chi connectivity index (χ1v) is 11.0. The van der Waals surface area contributed by atoms with Gasteiger partial charge >= 0.3 is 17.8 Å². The van der Waals surface area contributed by atoms with Crippen molar-refractivity contribution in [3.05, 3.63) is 91.3 Å². The Labute approximate surface area is 211 Å². The number of nitrogens with one attached hydrogen (secondary N) is 2. The normalized spacial score (nSPS) is 10.7. The van der Waals surface area contributed by atoms with Gasteiger partial charge in [-0.1, -0.05) is 56.8 Å². The molecular weight excluding hydrogens is 557 g/mol. The van der Waals surface area contributed by atoms with E-state index < -0.39 is 17.8 Å². The number of halogens is 4. The highest BCUT2D eigenvalue weighted by Crippen LogP contribution is 2.29. The Balaban J connectivity index is 1.67. The maximum absolute atomic E-state index is 12.4. The van der Waals surface area contributed by atoms with Crippen LogP contribution in [0.4, 0.5) is 5.69 Å². The van der Waals surface area contributed by atoms with Crippen LogP contribution >= 0.6 is 50.7 Å². The third-order valence-electron chi connectivity index (χ3n) is 4.03. The van der Waals surface area contributed by atoms with Crippen LogP contribution in [0.2, 0.25) is 15.1 Å². The number of ether oxygens (including phenoxy) is 1. The zero-order chi connectivity index (χ0) is 24.0. The number of benzene rings is 3. The van der Waals surface area contributed by atoms with Crippen LogP contribution < -0.4 is 15.5 Å². The lowest BCUT2D eigenvalue weighted by Gasteiger charge is -2.08. The number of hydrogen-bond donors (Lipinski definition) is 2. The second-order valence-corrected chi connectivity index (χ2v) is 8.47. The molecule has 2 amide bonds. The molecule has 0 bridgehead atoms. The zero-order valence-electron chi connectivity index (χ0n) is 16.4. The van der Waals surface area contributed by atoms with Gasteiger partial charge in [-0.05, 0) is 54.6 Å². The topological polar surface area (TPSA) is 96.9 Å². The van der Waals surface area contributed by atoms with Crippen LogP contribution in [0.5, 0.6) is 5.75 Å². The number of hydrazone groups is 1. The smallest absolute Gasteiger partial charge is 0.343 e. The van der Waals surface area contributed by atoms with E-state index >= 15 is 0 Å². The summed E-state index contributed by atoms with van der Waals surface area (Å²) in [5.41, 5.74) is 2.94. The van der Waals surface area contributed by atoms with Crippen molar-refractivity contribution < 1.29 is 19.1 Å². The fourth-order valence-electron chi connectivity index (χ4n) is 2.45. The molecule has 7 nitrogen and oxygen atoms in total. The van der Waals surface area contributed by atoms with Crippen molar-refractivity contribution in [1.82, 2.24) is 5.43 Å². The molecule has 3 aromatic rings. The molecule has 0 saturated heterocycles. The van der Waals surface area contributed by atoms with Crippen molar-refractivity contribution >= 4 is 80.4 Å². The third kappa shape index (κ3) is 6.79. The molecule has 0 heterocycles. The highest BCUT2D eigenvalue weighted by Gasteiger charge is 2.16. The second kappa shape index (κ2) is 11.3. The van der Waals surface area contributed by atoms with Crippen molar-refractivity contribution in [2.45, 2.75) is 0 Å². The number of esters is 1. The average molecular weight is 570 g/mol. The van der Waals surface area contributed by atoms with E-state index in [4.69, 9.17) is 39.5 Å².